The zero-order valence-corrected chi connectivity index (χ0v) is 16.6. The quantitative estimate of drug-likeness (QED) is 0.727. The van der Waals surface area contributed by atoms with Crippen LogP contribution in [0.1, 0.15) is 25.8 Å². The van der Waals surface area contributed by atoms with Crippen molar-refractivity contribution in [3.05, 3.63) is 48.3 Å². The molecule has 0 amide bonds. The SMILES string of the molecule is CCOc1cncc(OC(C)[C@@H]2CCN2)c1.Cc1ccc(S(=O)(=O)O)cc1. The lowest BCUT2D eigenvalue weighted by molar-refractivity contribution is 0.132. The second-order valence-corrected chi connectivity index (χ2v) is 7.67. The lowest BCUT2D eigenvalue weighted by atomic mass is 10.0. The molecule has 1 aromatic heterocycles. The number of aromatic nitrogens is 1. The molecule has 0 spiro atoms. The number of nitrogens with zero attached hydrogens (tertiary/aromatic N) is 1. The Hall–Kier alpha value is -2.16. The first-order chi connectivity index (χ1) is 12.8. The second kappa shape index (κ2) is 9.68. The van der Waals surface area contributed by atoms with Crippen LogP contribution >= 0.6 is 0 Å². The Morgan fingerprint density at radius 3 is 2.41 bits per heavy atom. The van der Waals surface area contributed by atoms with Crippen molar-refractivity contribution in [2.24, 2.45) is 0 Å². The van der Waals surface area contributed by atoms with E-state index in [-0.39, 0.29) is 11.0 Å². The number of aryl methyl sites for hydroxylation is 1. The van der Waals surface area contributed by atoms with Crippen molar-refractivity contribution >= 4 is 10.1 Å². The molecule has 7 nitrogen and oxygen atoms in total. The van der Waals surface area contributed by atoms with Gasteiger partial charge in [0.05, 0.1) is 23.9 Å². The molecule has 27 heavy (non-hydrogen) atoms. The van der Waals surface area contributed by atoms with E-state index >= 15 is 0 Å². The zero-order chi connectivity index (χ0) is 19.9. The average Bonchev–Trinajstić information content (AvgIpc) is 2.54. The summed E-state index contributed by atoms with van der Waals surface area (Å²) in [6.45, 7) is 7.60. The first-order valence-electron chi connectivity index (χ1n) is 8.81. The molecule has 148 valence electrons. The summed E-state index contributed by atoms with van der Waals surface area (Å²) in [7, 11) is -4.02. The molecule has 1 aliphatic heterocycles. The Balaban J connectivity index is 0.000000208. The molecule has 3 rings (SSSR count). The third-order valence-corrected chi connectivity index (χ3v) is 4.94. The van der Waals surface area contributed by atoms with E-state index in [1.807, 2.05) is 19.9 Å². The molecule has 1 unspecified atom stereocenters. The first kappa shape index (κ1) is 21.1. The molecule has 0 saturated carbocycles. The number of ether oxygens (including phenoxy) is 2. The fourth-order valence-corrected chi connectivity index (χ4v) is 2.91. The predicted octanol–water partition coefficient (Wildman–Crippen LogP) is 2.85. The summed E-state index contributed by atoms with van der Waals surface area (Å²) in [4.78, 5) is 4.02. The van der Waals surface area contributed by atoms with Gasteiger partial charge in [-0.25, -0.2) is 0 Å². The van der Waals surface area contributed by atoms with Crippen LogP contribution in [0.25, 0.3) is 0 Å². The van der Waals surface area contributed by atoms with Crippen molar-refractivity contribution in [1.29, 1.82) is 0 Å². The maximum Gasteiger partial charge on any atom is 0.294 e. The molecule has 0 aliphatic carbocycles. The summed E-state index contributed by atoms with van der Waals surface area (Å²) in [5.74, 6) is 1.53. The topological polar surface area (TPSA) is 97.8 Å². The highest BCUT2D eigenvalue weighted by Gasteiger charge is 2.24. The molecule has 0 bridgehead atoms. The Bertz CT molecular complexity index is 820. The van der Waals surface area contributed by atoms with Crippen LogP contribution < -0.4 is 14.8 Å². The van der Waals surface area contributed by atoms with Crippen LogP contribution in [0.5, 0.6) is 11.5 Å². The van der Waals surface area contributed by atoms with E-state index in [2.05, 4.69) is 17.2 Å². The zero-order valence-electron chi connectivity index (χ0n) is 15.8. The summed E-state index contributed by atoms with van der Waals surface area (Å²) in [5, 5.41) is 3.33. The van der Waals surface area contributed by atoms with Gasteiger partial charge in [0.2, 0.25) is 0 Å². The van der Waals surface area contributed by atoms with Gasteiger partial charge in [-0.3, -0.25) is 9.54 Å². The van der Waals surface area contributed by atoms with E-state index in [1.54, 1.807) is 24.5 Å². The molecule has 8 heteroatoms. The van der Waals surface area contributed by atoms with Crippen molar-refractivity contribution in [2.45, 2.75) is 44.2 Å². The van der Waals surface area contributed by atoms with Crippen LogP contribution in [0.15, 0.2) is 47.6 Å². The summed E-state index contributed by atoms with van der Waals surface area (Å²) in [5.41, 5.74) is 0.956. The minimum absolute atomic E-state index is 0.0666. The van der Waals surface area contributed by atoms with Gasteiger partial charge in [-0.15, -0.1) is 0 Å². The Labute approximate surface area is 160 Å². The lowest BCUT2D eigenvalue weighted by Crippen LogP contribution is -2.51. The number of pyridine rings is 1. The molecule has 0 radical (unpaired) electrons. The maximum atomic E-state index is 10.5. The maximum absolute atomic E-state index is 10.5. The van der Waals surface area contributed by atoms with Gasteiger partial charge in [0, 0.05) is 12.1 Å². The van der Waals surface area contributed by atoms with Crippen LogP contribution in [0.4, 0.5) is 0 Å². The molecule has 1 fully saturated rings. The van der Waals surface area contributed by atoms with E-state index in [9.17, 15) is 8.42 Å². The van der Waals surface area contributed by atoms with E-state index in [0.29, 0.717) is 12.6 Å². The Morgan fingerprint density at radius 2 is 1.89 bits per heavy atom. The number of hydrogen-bond acceptors (Lipinski definition) is 6. The largest absolute Gasteiger partial charge is 0.492 e. The van der Waals surface area contributed by atoms with E-state index in [4.69, 9.17) is 14.0 Å². The number of nitrogens with one attached hydrogen (secondary N) is 1. The van der Waals surface area contributed by atoms with Crippen molar-refractivity contribution in [1.82, 2.24) is 10.3 Å². The number of benzene rings is 1. The minimum atomic E-state index is -4.02. The third-order valence-electron chi connectivity index (χ3n) is 4.07. The summed E-state index contributed by atoms with van der Waals surface area (Å²) in [6, 6.07) is 8.34. The van der Waals surface area contributed by atoms with Crippen molar-refractivity contribution < 1.29 is 22.4 Å². The molecule has 1 saturated heterocycles. The smallest absolute Gasteiger partial charge is 0.294 e. The van der Waals surface area contributed by atoms with Gasteiger partial charge >= 0.3 is 0 Å². The van der Waals surface area contributed by atoms with Gasteiger partial charge in [-0.05, 0) is 45.9 Å². The van der Waals surface area contributed by atoms with Gasteiger partial charge in [0.15, 0.2) is 0 Å². The average molecular weight is 394 g/mol. The molecule has 1 aliphatic rings. The highest BCUT2D eigenvalue weighted by Crippen LogP contribution is 2.20. The monoisotopic (exact) mass is 394 g/mol. The first-order valence-corrected chi connectivity index (χ1v) is 10.3. The predicted molar refractivity (Wildman–Crippen MR) is 103 cm³/mol. The van der Waals surface area contributed by atoms with Gasteiger partial charge in [0.1, 0.15) is 17.6 Å². The van der Waals surface area contributed by atoms with E-state index in [0.717, 1.165) is 23.6 Å². The summed E-state index contributed by atoms with van der Waals surface area (Å²) in [6.07, 6.45) is 4.77. The summed E-state index contributed by atoms with van der Waals surface area (Å²) >= 11 is 0. The van der Waals surface area contributed by atoms with Crippen LogP contribution in [0, 0.1) is 6.92 Å². The second-order valence-electron chi connectivity index (χ2n) is 6.25. The molecule has 2 heterocycles. The van der Waals surface area contributed by atoms with E-state index in [1.165, 1.54) is 18.6 Å². The van der Waals surface area contributed by atoms with Crippen molar-refractivity contribution in [3.63, 3.8) is 0 Å². The number of hydrogen-bond donors (Lipinski definition) is 2. The van der Waals surface area contributed by atoms with E-state index < -0.39 is 10.1 Å². The van der Waals surface area contributed by atoms with Crippen LogP contribution in [0.2, 0.25) is 0 Å². The van der Waals surface area contributed by atoms with Gasteiger partial charge in [-0.1, -0.05) is 17.7 Å². The normalized spacial score (nSPS) is 17.1. The number of rotatable bonds is 6. The highest BCUT2D eigenvalue weighted by atomic mass is 32.2. The fraction of sp³-hybridized carbons (Fsp3) is 0.421. The van der Waals surface area contributed by atoms with Crippen molar-refractivity contribution in [2.75, 3.05) is 13.2 Å². The molecule has 2 atom stereocenters. The molecular formula is C19H26N2O5S. The van der Waals surface area contributed by atoms with Gasteiger partial charge < -0.3 is 14.8 Å². The lowest BCUT2D eigenvalue weighted by Gasteiger charge is -2.33. The molecule has 1 aromatic carbocycles. The fourth-order valence-electron chi connectivity index (χ4n) is 2.43. The third kappa shape index (κ3) is 6.82. The van der Waals surface area contributed by atoms with Crippen LogP contribution in [-0.2, 0) is 10.1 Å². The molecule has 2 aromatic rings. The van der Waals surface area contributed by atoms with Crippen LogP contribution in [0.3, 0.4) is 0 Å². The van der Waals surface area contributed by atoms with Gasteiger partial charge in [-0.2, -0.15) is 8.42 Å². The van der Waals surface area contributed by atoms with Gasteiger partial charge in [0.25, 0.3) is 10.1 Å². The minimum Gasteiger partial charge on any atom is -0.492 e. The summed E-state index contributed by atoms with van der Waals surface area (Å²) < 4.78 is 40.7. The standard InChI is InChI=1S/C12H18N2O2.C7H8O3S/c1-3-15-10-6-11(8-13-7-10)16-9(2)12-4-5-14-12;1-6-2-4-7(5-3-6)11(8,9)10/h6-9,12,14H,3-5H2,1-2H3;2-5H,1H3,(H,8,9,10)/t9?,12-;/m0./s1. The Morgan fingerprint density at radius 1 is 1.26 bits per heavy atom. The molecular weight excluding hydrogens is 368 g/mol. The Kier molecular flexibility index (Phi) is 7.58. The molecule has 2 N–H and O–H groups in total. The highest BCUT2D eigenvalue weighted by molar-refractivity contribution is 7.85. The van der Waals surface area contributed by atoms with Crippen molar-refractivity contribution in [3.8, 4) is 11.5 Å². The van der Waals surface area contributed by atoms with Crippen LogP contribution in [-0.4, -0.2) is 43.3 Å².